The fourth-order valence-corrected chi connectivity index (χ4v) is 9.68. The Morgan fingerprint density at radius 1 is 0.489 bits per heavy atom. The van der Waals surface area contributed by atoms with E-state index in [-0.39, 0.29) is 115 Å². The second-order valence-electron chi connectivity index (χ2n) is 22.8. The molecule has 32 nitrogen and oxygen atoms in total. The van der Waals surface area contributed by atoms with Crippen LogP contribution in [0.1, 0.15) is 116 Å². The summed E-state index contributed by atoms with van der Waals surface area (Å²) in [6, 6.07) is 4.03. The van der Waals surface area contributed by atoms with Crippen molar-refractivity contribution in [1.82, 2.24) is 47.5 Å². The number of aliphatic carboxylic acids is 1. The monoisotopic (exact) mass is 1290 g/mol. The SMILES string of the molecule is CC[C@H](C)[C@H](NC(=O)[C@H](CCCN=C(N)N)NC(=O)[C@H](CCC(N)=O)NC(=O)[C@H](Cc1c[nH]c2ccccc12)NC(=O)[C@@H](N)Cc1ccccc1)C(=O)N[C@@H](CCCN=C(N)N)C(=O)N[C@@H](CCCCN)C(=O)N[C@H](C(=O)N[C@@H](CCCN=C(N)N)C(=O)O)C(C)C. The number of para-hydroxylation sites is 1. The standard InChI is InChI=1S/C60H97N21O11/c1-5-34(4)48(56(90)77-41(21-13-27-70-58(64)65)50(84)74-40(20-11-12-26-61)52(86)80-47(33(2)3)55(89)78-44(57(91)92)23-15-29-72-60(68)69)81-53(87)42(22-14-28-71-59(66)67)75-51(85)43(24-25-46(63)82)76-54(88)45(31-36-32-73-39-19-10-9-18-37(36)39)79-49(83)38(62)30-35-16-7-6-8-17-35/h6-10,16-19,32-34,38,40-45,47-48,73H,5,11-15,20-31,61-62H2,1-4H3,(H2,63,82)(H,74,84)(H,75,85)(H,76,88)(H,77,90)(H,78,89)(H,79,83)(H,80,86)(H,81,87)(H,91,92)(H4,64,65,70)(H4,66,67,71)(H4,68,69,72)/t34-,38-,40-,41-,42-,43-,44-,45-,47-,48-/m0/s1. The first-order valence-electron chi connectivity index (χ1n) is 30.8. The average molecular weight is 1290 g/mol. The highest BCUT2D eigenvalue weighted by Crippen LogP contribution is 2.20. The average Bonchev–Trinajstić information content (AvgIpc) is 2.18. The molecule has 508 valence electrons. The molecule has 3 aromatic rings. The van der Waals surface area contributed by atoms with Gasteiger partial charge in [-0.3, -0.25) is 58.1 Å². The number of nitrogens with zero attached hydrogens (tertiary/aromatic N) is 3. The molecule has 0 unspecified atom stereocenters. The molecular weight excluding hydrogens is 1190 g/mol. The van der Waals surface area contributed by atoms with Crippen LogP contribution in [0.4, 0.5) is 0 Å². The second-order valence-corrected chi connectivity index (χ2v) is 22.8. The lowest BCUT2D eigenvalue weighted by molar-refractivity contribution is -0.143. The molecule has 9 amide bonds. The number of aliphatic imine (C=N–C) groups is 3. The first kappa shape index (κ1) is 76.7. The smallest absolute Gasteiger partial charge is 0.326 e. The molecule has 32 heteroatoms. The van der Waals surface area contributed by atoms with Crippen LogP contribution in [0.15, 0.2) is 75.8 Å². The number of hydrogen-bond acceptors (Lipinski definition) is 15. The van der Waals surface area contributed by atoms with E-state index < -0.39 is 132 Å². The fraction of sp³-hybridized carbons (Fsp3) is 0.550. The maximum absolute atomic E-state index is 14.7. The third-order valence-electron chi connectivity index (χ3n) is 15.0. The fourth-order valence-electron chi connectivity index (χ4n) is 9.68. The molecule has 0 aliphatic rings. The lowest BCUT2D eigenvalue weighted by Crippen LogP contribution is -2.61. The van der Waals surface area contributed by atoms with Crippen LogP contribution in [-0.4, -0.2) is 168 Å². The van der Waals surface area contributed by atoms with E-state index in [1.165, 1.54) is 0 Å². The molecule has 0 aliphatic heterocycles. The minimum absolute atomic E-state index is 0.00908. The zero-order valence-electron chi connectivity index (χ0n) is 52.9. The number of carboxylic acid groups (broad SMARTS) is 1. The number of nitrogens with two attached hydrogens (primary N) is 9. The zero-order chi connectivity index (χ0) is 68.5. The summed E-state index contributed by atoms with van der Waals surface area (Å²) in [5.41, 5.74) is 53.0. The van der Waals surface area contributed by atoms with Crippen molar-refractivity contribution in [3.8, 4) is 0 Å². The van der Waals surface area contributed by atoms with E-state index in [1.807, 2.05) is 24.3 Å². The number of hydrogen-bond donors (Lipinski definition) is 19. The molecule has 0 fully saturated rings. The third kappa shape index (κ3) is 27.7. The summed E-state index contributed by atoms with van der Waals surface area (Å²) in [6.45, 7) is 6.99. The van der Waals surface area contributed by atoms with Gasteiger partial charge in [-0.15, -0.1) is 0 Å². The minimum atomic E-state index is -1.55. The van der Waals surface area contributed by atoms with Gasteiger partial charge in [-0.05, 0) is 106 Å². The summed E-state index contributed by atoms with van der Waals surface area (Å²) >= 11 is 0. The van der Waals surface area contributed by atoms with Gasteiger partial charge in [0.1, 0.15) is 48.3 Å². The molecule has 0 radical (unpaired) electrons. The molecule has 0 saturated carbocycles. The molecular formula is C60H97N21O11. The van der Waals surface area contributed by atoms with Gasteiger partial charge in [-0.25, -0.2) is 4.79 Å². The summed E-state index contributed by atoms with van der Waals surface area (Å²) < 4.78 is 0. The number of unbranched alkanes of at least 4 members (excludes halogenated alkanes) is 1. The van der Waals surface area contributed by atoms with Crippen LogP contribution in [0.2, 0.25) is 0 Å². The van der Waals surface area contributed by atoms with Crippen molar-refractivity contribution in [1.29, 1.82) is 0 Å². The van der Waals surface area contributed by atoms with Gasteiger partial charge >= 0.3 is 5.97 Å². The Kier molecular flexibility index (Phi) is 33.5. The van der Waals surface area contributed by atoms with E-state index in [1.54, 1.807) is 64.2 Å². The molecule has 3 rings (SSSR count). The Morgan fingerprint density at radius 2 is 0.913 bits per heavy atom. The van der Waals surface area contributed by atoms with Gasteiger partial charge < -0.3 is 104 Å². The van der Waals surface area contributed by atoms with E-state index in [0.29, 0.717) is 18.4 Å². The maximum Gasteiger partial charge on any atom is 0.326 e. The van der Waals surface area contributed by atoms with Crippen molar-refractivity contribution in [2.45, 2.75) is 172 Å². The van der Waals surface area contributed by atoms with Crippen LogP contribution >= 0.6 is 0 Å². The predicted molar refractivity (Wildman–Crippen MR) is 349 cm³/mol. The largest absolute Gasteiger partial charge is 0.480 e. The van der Waals surface area contributed by atoms with Crippen molar-refractivity contribution in [2.24, 2.45) is 78.4 Å². The lowest BCUT2D eigenvalue weighted by Gasteiger charge is -2.30. The number of nitrogens with one attached hydrogen (secondary N) is 9. The van der Waals surface area contributed by atoms with E-state index in [2.05, 4.69) is 62.5 Å². The van der Waals surface area contributed by atoms with E-state index in [0.717, 1.165) is 16.5 Å². The summed E-state index contributed by atoms with van der Waals surface area (Å²) in [7, 11) is 0. The van der Waals surface area contributed by atoms with Crippen molar-refractivity contribution in [3.05, 3.63) is 71.9 Å². The van der Waals surface area contributed by atoms with Crippen LogP contribution < -0.4 is 94.1 Å². The molecule has 28 N–H and O–H groups in total. The molecule has 0 aliphatic carbocycles. The first-order valence-corrected chi connectivity index (χ1v) is 30.8. The van der Waals surface area contributed by atoms with Gasteiger partial charge in [0.15, 0.2) is 17.9 Å². The van der Waals surface area contributed by atoms with Gasteiger partial charge in [0.05, 0.1) is 6.04 Å². The van der Waals surface area contributed by atoms with E-state index >= 15 is 0 Å². The van der Waals surface area contributed by atoms with Crippen molar-refractivity contribution in [3.63, 3.8) is 0 Å². The number of carbonyl (C=O) groups is 10. The van der Waals surface area contributed by atoms with Crippen molar-refractivity contribution >= 4 is 87.9 Å². The van der Waals surface area contributed by atoms with E-state index in [4.69, 9.17) is 51.6 Å². The van der Waals surface area contributed by atoms with Crippen LogP contribution in [0.5, 0.6) is 0 Å². The van der Waals surface area contributed by atoms with Crippen molar-refractivity contribution < 1.29 is 53.1 Å². The molecule has 0 saturated heterocycles. The van der Waals surface area contributed by atoms with Crippen LogP contribution in [0.25, 0.3) is 10.9 Å². The number of carbonyl (C=O) groups excluding carboxylic acids is 9. The highest BCUT2D eigenvalue weighted by atomic mass is 16.4. The number of rotatable bonds is 43. The number of fused-ring (bicyclic) bond motifs is 1. The summed E-state index contributed by atoms with van der Waals surface area (Å²) in [4.78, 5) is 154. The van der Waals surface area contributed by atoms with Gasteiger partial charge in [0, 0.05) is 49.6 Å². The number of aromatic nitrogens is 1. The Hall–Kier alpha value is -9.59. The number of guanidine groups is 3. The Morgan fingerprint density at radius 3 is 1.40 bits per heavy atom. The zero-order valence-corrected chi connectivity index (χ0v) is 52.9. The van der Waals surface area contributed by atoms with Gasteiger partial charge in [-0.1, -0.05) is 82.6 Å². The predicted octanol–water partition coefficient (Wildman–Crippen LogP) is -3.50. The Balaban J connectivity index is 1.99. The number of benzene rings is 2. The summed E-state index contributed by atoms with van der Waals surface area (Å²) in [5.74, 6) is -10.8. The van der Waals surface area contributed by atoms with Gasteiger partial charge in [-0.2, -0.15) is 0 Å². The first-order chi connectivity index (χ1) is 43.6. The highest BCUT2D eigenvalue weighted by molar-refractivity contribution is 5.99. The topological polar surface area (TPSA) is 574 Å². The molecule has 92 heavy (non-hydrogen) atoms. The maximum atomic E-state index is 14.7. The normalized spacial score (nSPS) is 14.3. The minimum Gasteiger partial charge on any atom is -0.480 e. The lowest BCUT2D eigenvalue weighted by atomic mass is 9.96. The molecule has 1 aromatic heterocycles. The quantitative estimate of drug-likeness (QED) is 0.0148. The molecule has 1 heterocycles. The number of aromatic amines is 1. The Bertz CT molecular complexity index is 3000. The molecule has 2 aromatic carbocycles. The number of amides is 9. The van der Waals surface area contributed by atoms with Crippen LogP contribution in [0, 0.1) is 11.8 Å². The number of H-pyrrole nitrogens is 1. The highest BCUT2D eigenvalue weighted by Gasteiger charge is 2.37. The van der Waals surface area contributed by atoms with Crippen molar-refractivity contribution in [2.75, 3.05) is 26.2 Å². The molecule has 0 spiro atoms. The summed E-state index contributed by atoms with van der Waals surface area (Å²) in [6.07, 6.45) is 2.12. The van der Waals surface area contributed by atoms with Gasteiger partial charge in [0.25, 0.3) is 0 Å². The summed E-state index contributed by atoms with van der Waals surface area (Å²) in [5, 5.41) is 32.0. The Labute approximate surface area is 535 Å². The molecule has 10 atom stereocenters. The van der Waals surface area contributed by atoms with Crippen LogP contribution in [0.3, 0.4) is 0 Å². The molecule has 0 bridgehead atoms. The third-order valence-corrected chi connectivity index (χ3v) is 15.0. The number of carboxylic acids is 1. The van der Waals surface area contributed by atoms with Crippen LogP contribution in [-0.2, 0) is 60.8 Å². The van der Waals surface area contributed by atoms with E-state index in [9.17, 15) is 53.1 Å². The second kappa shape index (κ2) is 40.2. The van der Waals surface area contributed by atoms with Gasteiger partial charge in [0.2, 0.25) is 53.2 Å². The number of primary amides is 1.